The second kappa shape index (κ2) is 10.2. The van der Waals surface area contributed by atoms with Gasteiger partial charge in [-0.1, -0.05) is 17.7 Å². The highest BCUT2D eigenvalue weighted by Gasteiger charge is 2.14. The fraction of sp³-hybridized carbons (Fsp3) is 0.273. The Labute approximate surface area is 184 Å². The van der Waals surface area contributed by atoms with Gasteiger partial charge in [0.25, 0.3) is 5.56 Å². The Morgan fingerprint density at radius 3 is 2.84 bits per heavy atom. The molecule has 0 spiro atoms. The standard InChI is InChI=1S/C22H24ClN5O3/c1-14-12-27-28(8-6-19-20(29)3-2-7-25-19)22(31)18(14)10-21(30)26-13-16-9-17(23)5-4-15(16)11-24/h2-5,7,9,12,29H,6,8,10-11,13,24H2,1H3,(H,26,30). The minimum absolute atomic E-state index is 0.0689. The molecule has 3 aromatic rings. The molecule has 0 aliphatic rings. The zero-order valence-corrected chi connectivity index (χ0v) is 17.9. The second-order valence-electron chi connectivity index (χ2n) is 7.12. The summed E-state index contributed by atoms with van der Waals surface area (Å²) >= 11 is 6.04. The van der Waals surface area contributed by atoms with Gasteiger partial charge in [-0.25, -0.2) is 4.68 Å². The number of aromatic nitrogens is 3. The van der Waals surface area contributed by atoms with Gasteiger partial charge in [0.2, 0.25) is 5.91 Å². The Kier molecular flexibility index (Phi) is 7.38. The van der Waals surface area contributed by atoms with E-state index in [1.165, 1.54) is 4.68 Å². The average molecular weight is 442 g/mol. The number of nitrogens with one attached hydrogen (secondary N) is 1. The summed E-state index contributed by atoms with van der Waals surface area (Å²) in [6.45, 7) is 2.59. The van der Waals surface area contributed by atoms with Gasteiger partial charge in [-0.2, -0.15) is 5.10 Å². The van der Waals surface area contributed by atoms with Gasteiger partial charge in [0, 0.05) is 36.3 Å². The van der Waals surface area contributed by atoms with Gasteiger partial charge >= 0.3 is 0 Å². The molecule has 0 saturated carbocycles. The van der Waals surface area contributed by atoms with Crippen LogP contribution in [0.15, 0.2) is 47.5 Å². The summed E-state index contributed by atoms with van der Waals surface area (Å²) in [4.78, 5) is 29.5. The van der Waals surface area contributed by atoms with Crippen molar-refractivity contribution in [3.8, 4) is 5.75 Å². The summed E-state index contributed by atoms with van der Waals surface area (Å²) in [5.74, 6) is -0.219. The number of hydrogen-bond donors (Lipinski definition) is 3. The van der Waals surface area contributed by atoms with Crippen molar-refractivity contribution in [1.29, 1.82) is 0 Å². The van der Waals surface area contributed by atoms with E-state index in [2.05, 4.69) is 15.4 Å². The summed E-state index contributed by atoms with van der Waals surface area (Å²) in [6, 6.07) is 8.52. The fourth-order valence-corrected chi connectivity index (χ4v) is 3.39. The van der Waals surface area contributed by atoms with Crippen LogP contribution in [0.5, 0.6) is 5.75 Å². The lowest BCUT2D eigenvalue weighted by Crippen LogP contribution is -2.32. The molecular formula is C22H24ClN5O3. The van der Waals surface area contributed by atoms with Gasteiger partial charge in [-0.05, 0) is 47.9 Å². The van der Waals surface area contributed by atoms with Crippen LogP contribution >= 0.6 is 11.6 Å². The Morgan fingerprint density at radius 1 is 1.29 bits per heavy atom. The van der Waals surface area contributed by atoms with Crippen molar-refractivity contribution in [2.75, 3.05) is 0 Å². The summed E-state index contributed by atoms with van der Waals surface area (Å²) in [7, 11) is 0. The molecule has 4 N–H and O–H groups in total. The Bertz CT molecular complexity index is 1150. The zero-order chi connectivity index (χ0) is 22.4. The predicted molar refractivity (Wildman–Crippen MR) is 118 cm³/mol. The molecule has 31 heavy (non-hydrogen) atoms. The molecule has 0 unspecified atom stereocenters. The normalized spacial score (nSPS) is 10.8. The first-order valence-corrected chi connectivity index (χ1v) is 10.2. The highest BCUT2D eigenvalue weighted by atomic mass is 35.5. The molecule has 162 valence electrons. The topological polar surface area (TPSA) is 123 Å². The van der Waals surface area contributed by atoms with E-state index in [4.69, 9.17) is 17.3 Å². The number of aryl methyl sites for hydroxylation is 3. The van der Waals surface area contributed by atoms with E-state index in [0.29, 0.717) is 34.8 Å². The summed E-state index contributed by atoms with van der Waals surface area (Å²) < 4.78 is 1.28. The van der Waals surface area contributed by atoms with Crippen molar-refractivity contribution >= 4 is 17.5 Å². The molecule has 9 heteroatoms. The first-order valence-electron chi connectivity index (χ1n) is 9.81. The van der Waals surface area contributed by atoms with Crippen molar-refractivity contribution in [2.24, 2.45) is 5.73 Å². The highest BCUT2D eigenvalue weighted by molar-refractivity contribution is 6.30. The summed E-state index contributed by atoms with van der Waals surface area (Å²) in [5.41, 5.74) is 8.63. The number of hydrogen-bond acceptors (Lipinski definition) is 6. The van der Waals surface area contributed by atoms with Crippen LogP contribution in [0.3, 0.4) is 0 Å². The lowest BCUT2D eigenvalue weighted by atomic mass is 10.1. The molecule has 2 aromatic heterocycles. The van der Waals surface area contributed by atoms with Gasteiger partial charge in [0.1, 0.15) is 5.75 Å². The van der Waals surface area contributed by atoms with Crippen molar-refractivity contribution in [1.82, 2.24) is 20.1 Å². The number of nitrogens with zero attached hydrogens (tertiary/aromatic N) is 3. The van der Waals surface area contributed by atoms with E-state index in [9.17, 15) is 14.7 Å². The van der Waals surface area contributed by atoms with Crippen molar-refractivity contribution in [3.05, 3.63) is 86.0 Å². The monoisotopic (exact) mass is 441 g/mol. The van der Waals surface area contributed by atoms with E-state index in [1.54, 1.807) is 43.6 Å². The molecule has 0 saturated heterocycles. The smallest absolute Gasteiger partial charge is 0.270 e. The van der Waals surface area contributed by atoms with Crippen LogP contribution in [-0.4, -0.2) is 25.8 Å². The summed E-state index contributed by atoms with van der Waals surface area (Å²) in [6.07, 6.45) is 3.41. The van der Waals surface area contributed by atoms with Crippen LogP contribution in [0.1, 0.15) is 27.9 Å². The molecule has 3 rings (SSSR count). The number of rotatable bonds is 8. The van der Waals surface area contributed by atoms with E-state index >= 15 is 0 Å². The van der Waals surface area contributed by atoms with Gasteiger partial charge in [0.05, 0.1) is 24.9 Å². The number of aromatic hydroxyl groups is 1. The first kappa shape index (κ1) is 22.5. The third-order valence-corrected chi connectivity index (χ3v) is 5.22. The van der Waals surface area contributed by atoms with Gasteiger partial charge in [-0.15, -0.1) is 0 Å². The Hall–Kier alpha value is -3.23. The second-order valence-corrected chi connectivity index (χ2v) is 7.56. The van der Waals surface area contributed by atoms with Gasteiger partial charge in [-0.3, -0.25) is 14.6 Å². The number of halogens is 1. The SMILES string of the molecule is Cc1cnn(CCc2ncccc2O)c(=O)c1CC(=O)NCc1cc(Cl)ccc1CN. The number of pyridine rings is 1. The lowest BCUT2D eigenvalue weighted by molar-refractivity contribution is -0.120. The van der Waals surface area contributed by atoms with Crippen molar-refractivity contribution in [3.63, 3.8) is 0 Å². The number of carbonyl (C=O) groups excluding carboxylic acids is 1. The van der Waals surface area contributed by atoms with E-state index in [-0.39, 0.29) is 36.7 Å². The number of amides is 1. The highest BCUT2D eigenvalue weighted by Crippen LogP contribution is 2.16. The van der Waals surface area contributed by atoms with E-state index in [1.807, 2.05) is 6.07 Å². The molecule has 1 amide bonds. The average Bonchev–Trinajstić information content (AvgIpc) is 2.76. The van der Waals surface area contributed by atoms with E-state index < -0.39 is 0 Å². The van der Waals surface area contributed by atoms with Crippen molar-refractivity contribution < 1.29 is 9.90 Å². The molecule has 0 radical (unpaired) electrons. The molecule has 0 atom stereocenters. The number of carbonyl (C=O) groups is 1. The van der Waals surface area contributed by atoms with Crippen LogP contribution in [0.2, 0.25) is 5.02 Å². The Balaban J connectivity index is 1.69. The Morgan fingerprint density at radius 2 is 2.10 bits per heavy atom. The van der Waals surface area contributed by atoms with Crippen molar-refractivity contribution in [2.45, 2.75) is 39.4 Å². The first-order chi connectivity index (χ1) is 14.9. The van der Waals surface area contributed by atoms with Crippen LogP contribution in [0.25, 0.3) is 0 Å². The van der Waals surface area contributed by atoms with Crippen LogP contribution < -0.4 is 16.6 Å². The molecule has 0 fully saturated rings. The van der Waals surface area contributed by atoms with Crippen LogP contribution in [0.4, 0.5) is 0 Å². The molecule has 1 aromatic carbocycles. The molecule has 0 aliphatic carbocycles. The molecule has 2 heterocycles. The van der Waals surface area contributed by atoms with Crippen LogP contribution in [0, 0.1) is 6.92 Å². The summed E-state index contributed by atoms with van der Waals surface area (Å²) in [5, 5.41) is 17.4. The third kappa shape index (κ3) is 5.68. The van der Waals surface area contributed by atoms with Gasteiger partial charge < -0.3 is 16.2 Å². The van der Waals surface area contributed by atoms with Gasteiger partial charge in [0.15, 0.2) is 0 Å². The molecule has 8 nitrogen and oxygen atoms in total. The maximum atomic E-state index is 12.9. The number of nitrogens with two attached hydrogens (primary N) is 1. The lowest BCUT2D eigenvalue weighted by Gasteiger charge is -2.12. The van der Waals surface area contributed by atoms with E-state index in [0.717, 1.165) is 11.1 Å². The zero-order valence-electron chi connectivity index (χ0n) is 17.1. The quantitative estimate of drug-likeness (QED) is 0.490. The molecular weight excluding hydrogens is 418 g/mol. The van der Waals surface area contributed by atoms with Crippen LogP contribution in [-0.2, 0) is 37.3 Å². The largest absolute Gasteiger partial charge is 0.506 e. The molecule has 0 bridgehead atoms. The predicted octanol–water partition coefficient (Wildman–Crippen LogP) is 1.87. The maximum Gasteiger partial charge on any atom is 0.270 e. The maximum absolute atomic E-state index is 12.9. The minimum atomic E-state index is -0.337. The number of benzene rings is 1. The minimum Gasteiger partial charge on any atom is -0.506 e. The third-order valence-electron chi connectivity index (χ3n) is 4.99. The fourth-order valence-electron chi connectivity index (χ4n) is 3.19. The molecule has 0 aliphatic heterocycles.